The van der Waals surface area contributed by atoms with E-state index in [9.17, 15) is 4.79 Å². The lowest BCUT2D eigenvalue weighted by Crippen LogP contribution is -2.13. The third kappa shape index (κ3) is 3.13. The van der Waals surface area contributed by atoms with E-state index in [0.29, 0.717) is 0 Å². The van der Waals surface area contributed by atoms with Gasteiger partial charge in [-0.1, -0.05) is 25.5 Å². The van der Waals surface area contributed by atoms with Crippen LogP contribution < -0.4 is 5.32 Å². The van der Waals surface area contributed by atoms with E-state index in [0.717, 1.165) is 12.1 Å². The zero-order chi connectivity index (χ0) is 12.8. The number of amides is 1. The molecule has 2 N–H and O–H groups in total. The van der Waals surface area contributed by atoms with Crippen molar-refractivity contribution in [2.45, 2.75) is 26.2 Å². The molecule has 1 heterocycles. The molecule has 2 rings (SSSR count). The van der Waals surface area contributed by atoms with E-state index in [2.05, 4.69) is 32.9 Å². The fourth-order valence-corrected chi connectivity index (χ4v) is 1.58. The molecule has 1 aromatic heterocycles. The van der Waals surface area contributed by atoms with E-state index in [-0.39, 0.29) is 11.7 Å². The fourth-order valence-electron chi connectivity index (χ4n) is 1.58. The number of carbonyl (C=O) groups is 1. The van der Waals surface area contributed by atoms with Crippen molar-refractivity contribution >= 4 is 11.6 Å². The molecule has 1 amide bonds. The Balaban J connectivity index is 1.96. The summed E-state index contributed by atoms with van der Waals surface area (Å²) in [5, 5.41) is 15.5. The lowest BCUT2D eigenvalue weighted by molar-refractivity contribution is 0.101. The van der Waals surface area contributed by atoms with Gasteiger partial charge in [-0.2, -0.15) is 5.21 Å². The standard InChI is InChI=1S/C12H15N5O/c1-2-3-4-9-5-7-10(8-6-9)13-12(18)11-14-16-17-15-11/h5-8H,2-4H2,1H3,(H,13,18)(H,14,15,16,17). The summed E-state index contributed by atoms with van der Waals surface area (Å²) in [6.45, 7) is 2.17. The lowest BCUT2D eigenvalue weighted by atomic mass is 10.1. The molecule has 1 aromatic carbocycles. The number of aryl methyl sites for hydroxylation is 1. The number of aromatic amines is 1. The third-order valence-corrected chi connectivity index (χ3v) is 2.58. The predicted octanol–water partition coefficient (Wildman–Crippen LogP) is 1.79. The normalized spacial score (nSPS) is 10.3. The Bertz CT molecular complexity index is 492. The van der Waals surface area contributed by atoms with Crippen LogP contribution in [0.4, 0.5) is 5.69 Å². The minimum absolute atomic E-state index is 0.0325. The van der Waals surface area contributed by atoms with Crippen molar-refractivity contribution in [2.75, 3.05) is 5.32 Å². The first-order valence-electron chi connectivity index (χ1n) is 5.93. The van der Waals surface area contributed by atoms with E-state index >= 15 is 0 Å². The highest BCUT2D eigenvalue weighted by Gasteiger charge is 2.10. The quantitative estimate of drug-likeness (QED) is 0.841. The van der Waals surface area contributed by atoms with Crippen molar-refractivity contribution in [1.82, 2.24) is 20.6 Å². The zero-order valence-electron chi connectivity index (χ0n) is 10.2. The van der Waals surface area contributed by atoms with E-state index in [1.165, 1.54) is 18.4 Å². The van der Waals surface area contributed by atoms with Crippen LogP contribution in [0, 0.1) is 0 Å². The first kappa shape index (κ1) is 12.2. The molecular weight excluding hydrogens is 230 g/mol. The van der Waals surface area contributed by atoms with E-state index in [4.69, 9.17) is 0 Å². The number of benzene rings is 1. The van der Waals surface area contributed by atoms with Crippen LogP contribution in [0.25, 0.3) is 0 Å². The number of hydrogen-bond donors (Lipinski definition) is 2. The average Bonchev–Trinajstić information content (AvgIpc) is 2.92. The Morgan fingerprint density at radius 3 is 2.72 bits per heavy atom. The summed E-state index contributed by atoms with van der Waals surface area (Å²) in [4.78, 5) is 11.6. The SMILES string of the molecule is CCCCc1ccc(NC(=O)c2nn[nH]n2)cc1. The Morgan fingerprint density at radius 2 is 2.11 bits per heavy atom. The third-order valence-electron chi connectivity index (χ3n) is 2.58. The van der Waals surface area contributed by atoms with Crippen LogP contribution in [0.5, 0.6) is 0 Å². The molecule has 0 atom stereocenters. The van der Waals surface area contributed by atoms with Gasteiger partial charge in [0.2, 0.25) is 0 Å². The Labute approximate surface area is 105 Å². The van der Waals surface area contributed by atoms with Gasteiger partial charge >= 0.3 is 0 Å². The molecule has 6 heteroatoms. The van der Waals surface area contributed by atoms with Gasteiger partial charge in [0.15, 0.2) is 0 Å². The van der Waals surface area contributed by atoms with Crippen molar-refractivity contribution in [3.8, 4) is 0 Å². The minimum Gasteiger partial charge on any atom is -0.319 e. The predicted molar refractivity (Wildman–Crippen MR) is 67.2 cm³/mol. The molecule has 0 unspecified atom stereocenters. The first-order valence-corrected chi connectivity index (χ1v) is 5.93. The second-order valence-corrected chi connectivity index (χ2v) is 3.99. The second-order valence-electron chi connectivity index (χ2n) is 3.99. The van der Waals surface area contributed by atoms with Crippen molar-refractivity contribution < 1.29 is 4.79 Å². The monoisotopic (exact) mass is 245 g/mol. The van der Waals surface area contributed by atoms with E-state index in [1.54, 1.807) is 0 Å². The van der Waals surface area contributed by atoms with E-state index in [1.807, 2.05) is 24.3 Å². The Morgan fingerprint density at radius 1 is 1.33 bits per heavy atom. The number of tetrazole rings is 1. The highest BCUT2D eigenvalue weighted by atomic mass is 16.2. The summed E-state index contributed by atoms with van der Waals surface area (Å²) in [7, 11) is 0. The number of nitrogens with one attached hydrogen (secondary N) is 2. The van der Waals surface area contributed by atoms with Crippen LogP contribution in [0.2, 0.25) is 0 Å². The zero-order valence-corrected chi connectivity index (χ0v) is 10.2. The van der Waals surface area contributed by atoms with Crippen molar-refractivity contribution in [3.63, 3.8) is 0 Å². The van der Waals surface area contributed by atoms with Crippen LogP contribution in [0.1, 0.15) is 35.9 Å². The van der Waals surface area contributed by atoms with Gasteiger partial charge in [-0.15, -0.1) is 10.2 Å². The molecule has 0 aliphatic carbocycles. The van der Waals surface area contributed by atoms with Crippen LogP contribution in [0.15, 0.2) is 24.3 Å². The largest absolute Gasteiger partial charge is 0.319 e. The summed E-state index contributed by atoms with van der Waals surface area (Å²) in [6.07, 6.45) is 3.42. The molecule has 18 heavy (non-hydrogen) atoms. The number of nitrogens with zero attached hydrogens (tertiary/aromatic N) is 3. The molecular formula is C12H15N5O. The summed E-state index contributed by atoms with van der Waals surface area (Å²) in [6, 6.07) is 7.79. The maximum atomic E-state index is 11.6. The van der Waals surface area contributed by atoms with Gasteiger partial charge in [-0.3, -0.25) is 4.79 Å². The lowest BCUT2D eigenvalue weighted by Gasteiger charge is -2.04. The van der Waals surface area contributed by atoms with Crippen LogP contribution in [0.3, 0.4) is 0 Å². The minimum atomic E-state index is -0.370. The number of aromatic nitrogens is 4. The topological polar surface area (TPSA) is 83.6 Å². The summed E-state index contributed by atoms with van der Waals surface area (Å²) in [5.41, 5.74) is 2.00. The van der Waals surface area contributed by atoms with Gasteiger partial charge in [-0.25, -0.2) is 0 Å². The number of unbranched alkanes of at least 4 members (excludes halogenated alkanes) is 1. The molecule has 94 valence electrons. The maximum Gasteiger partial charge on any atom is 0.297 e. The van der Waals surface area contributed by atoms with Gasteiger partial charge in [0.25, 0.3) is 11.7 Å². The molecule has 2 aromatic rings. The molecule has 6 nitrogen and oxygen atoms in total. The number of hydrogen-bond acceptors (Lipinski definition) is 4. The van der Waals surface area contributed by atoms with Gasteiger partial charge in [0.05, 0.1) is 0 Å². The van der Waals surface area contributed by atoms with Crippen LogP contribution >= 0.6 is 0 Å². The van der Waals surface area contributed by atoms with Crippen molar-refractivity contribution in [3.05, 3.63) is 35.7 Å². The van der Waals surface area contributed by atoms with Crippen LogP contribution in [-0.2, 0) is 6.42 Å². The summed E-state index contributed by atoms with van der Waals surface area (Å²) >= 11 is 0. The van der Waals surface area contributed by atoms with Gasteiger partial charge in [-0.05, 0) is 35.8 Å². The number of carbonyl (C=O) groups excluding carboxylic acids is 1. The molecule has 0 saturated heterocycles. The Kier molecular flexibility index (Phi) is 4.01. The second kappa shape index (κ2) is 5.90. The number of H-pyrrole nitrogens is 1. The number of anilines is 1. The molecule has 0 aliphatic rings. The van der Waals surface area contributed by atoms with Gasteiger partial charge in [0.1, 0.15) is 0 Å². The van der Waals surface area contributed by atoms with Crippen molar-refractivity contribution in [1.29, 1.82) is 0 Å². The summed E-state index contributed by atoms with van der Waals surface area (Å²) in [5.74, 6) is -0.338. The molecule has 0 aliphatic heterocycles. The fraction of sp³-hybridized carbons (Fsp3) is 0.333. The molecule has 0 radical (unpaired) electrons. The highest BCUT2D eigenvalue weighted by Crippen LogP contribution is 2.12. The molecule has 0 bridgehead atoms. The first-order chi connectivity index (χ1) is 8.79. The van der Waals surface area contributed by atoms with E-state index < -0.39 is 0 Å². The smallest absolute Gasteiger partial charge is 0.297 e. The average molecular weight is 245 g/mol. The van der Waals surface area contributed by atoms with Crippen LogP contribution in [-0.4, -0.2) is 26.5 Å². The molecule has 0 saturated carbocycles. The molecule has 0 fully saturated rings. The number of rotatable bonds is 5. The maximum absolute atomic E-state index is 11.6. The highest BCUT2D eigenvalue weighted by molar-refractivity contribution is 6.01. The van der Waals surface area contributed by atoms with Gasteiger partial charge < -0.3 is 5.32 Å². The van der Waals surface area contributed by atoms with Gasteiger partial charge in [0, 0.05) is 5.69 Å². The Hall–Kier alpha value is -2.24. The molecule has 0 spiro atoms. The van der Waals surface area contributed by atoms with Crippen molar-refractivity contribution in [2.24, 2.45) is 0 Å². The summed E-state index contributed by atoms with van der Waals surface area (Å²) < 4.78 is 0.